The number of carboxylic acids is 1. The summed E-state index contributed by atoms with van der Waals surface area (Å²) in [5, 5.41) is 8.94. The van der Waals surface area contributed by atoms with E-state index in [0.717, 1.165) is 12.8 Å². The average molecular weight is 265 g/mol. The van der Waals surface area contributed by atoms with E-state index in [4.69, 9.17) is 5.11 Å². The first kappa shape index (κ1) is 13.8. The molecule has 5 nitrogen and oxygen atoms in total. The van der Waals surface area contributed by atoms with Crippen LogP contribution in [0.3, 0.4) is 0 Å². The van der Waals surface area contributed by atoms with Crippen LogP contribution in [0.15, 0.2) is 11.1 Å². The number of hydrogen-bond donors (Lipinski definition) is 1. The Labute approximate surface area is 112 Å². The SMILES string of the molecule is CC1=C(C)C(=O)N(CC2CCC(C(=O)O)CC2)C1=O. The number of aliphatic carboxylic acids is 1. The zero-order chi connectivity index (χ0) is 14.2. The zero-order valence-corrected chi connectivity index (χ0v) is 11.3. The molecule has 0 unspecified atom stereocenters. The topological polar surface area (TPSA) is 74.7 Å². The molecule has 1 saturated carbocycles. The summed E-state index contributed by atoms with van der Waals surface area (Å²) in [6, 6.07) is 0. The van der Waals surface area contributed by atoms with Crippen molar-refractivity contribution in [3.63, 3.8) is 0 Å². The first-order chi connectivity index (χ1) is 8.91. The minimum Gasteiger partial charge on any atom is -0.481 e. The van der Waals surface area contributed by atoms with Crippen molar-refractivity contribution in [3.8, 4) is 0 Å². The maximum absolute atomic E-state index is 11.9. The van der Waals surface area contributed by atoms with Crippen LogP contribution >= 0.6 is 0 Å². The van der Waals surface area contributed by atoms with Crippen molar-refractivity contribution < 1.29 is 19.5 Å². The van der Waals surface area contributed by atoms with E-state index in [9.17, 15) is 14.4 Å². The van der Waals surface area contributed by atoms with Gasteiger partial charge in [-0.2, -0.15) is 0 Å². The normalized spacial score (nSPS) is 28.2. The number of carbonyl (C=O) groups excluding carboxylic acids is 2. The molecule has 0 spiro atoms. The maximum atomic E-state index is 11.9. The monoisotopic (exact) mass is 265 g/mol. The second-order valence-electron chi connectivity index (χ2n) is 5.53. The molecule has 0 aromatic carbocycles. The van der Waals surface area contributed by atoms with Crippen LogP contribution in [0.4, 0.5) is 0 Å². The quantitative estimate of drug-likeness (QED) is 0.786. The summed E-state index contributed by atoms with van der Waals surface area (Å²) < 4.78 is 0. The van der Waals surface area contributed by atoms with Crippen LogP contribution in [0.25, 0.3) is 0 Å². The second kappa shape index (κ2) is 5.15. The van der Waals surface area contributed by atoms with Crippen LogP contribution in [0.2, 0.25) is 0 Å². The highest BCUT2D eigenvalue weighted by molar-refractivity contribution is 6.18. The van der Waals surface area contributed by atoms with Gasteiger partial charge in [0.2, 0.25) is 0 Å². The summed E-state index contributed by atoms with van der Waals surface area (Å²) in [4.78, 5) is 36.0. The summed E-state index contributed by atoms with van der Waals surface area (Å²) in [7, 11) is 0. The van der Waals surface area contributed by atoms with Gasteiger partial charge in [0, 0.05) is 17.7 Å². The van der Waals surface area contributed by atoms with Gasteiger partial charge in [-0.05, 0) is 45.4 Å². The Balaban J connectivity index is 1.93. The van der Waals surface area contributed by atoms with E-state index in [1.54, 1.807) is 13.8 Å². The largest absolute Gasteiger partial charge is 0.481 e. The third kappa shape index (κ3) is 2.55. The third-order valence-electron chi connectivity index (χ3n) is 4.33. The molecule has 1 aliphatic heterocycles. The molecule has 2 rings (SSSR count). The number of carbonyl (C=O) groups is 3. The summed E-state index contributed by atoms with van der Waals surface area (Å²) in [6.07, 6.45) is 2.82. The van der Waals surface area contributed by atoms with E-state index in [1.807, 2.05) is 0 Å². The Morgan fingerprint density at radius 1 is 1.11 bits per heavy atom. The van der Waals surface area contributed by atoms with Gasteiger partial charge < -0.3 is 5.11 Å². The standard InChI is InChI=1S/C14H19NO4/c1-8-9(2)13(17)15(12(8)16)7-10-3-5-11(6-4-10)14(18)19/h10-11H,3-7H2,1-2H3,(H,18,19). The molecule has 2 aliphatic rings. The van der Waals surface area contributed by atoms with Crippen LogP contribution in [-0.2, 0) is 14.4 Å². The van der Waals surface area contributed by atoms with Crippen LogP contribution in [0.1, 0.15) is 39.5 Å². The van der Waals surface area contributed by atoms with Crippen LogP contribution < -0.4 is 0 Å². The van der Waals surface area contributed by atoms with Gasteiger partial charge in [0.15, 0.2) is 0 Å². The summed E-state index contributed by atoms with van der Waals surface area (Å²) in [5.74, 6) is -1.14. The molecule has 0 radical (unpaired) electrons. The van der Waals surface area contributed by atoms with Crippen molar-refractivity contribution in [2.24, 2.45) is 11.8 Å². The molecular weight excluding hydrogens is 246 g/mol. The van der Waals surface area contributed by atoms with E-state index >= 15 is 0 Å². The molecule has 1 heterocycles. The number of rotatable bonds is 3. The molecular formula is C14H19NO4. The van der Waals surface area contributed by atoms with E-state index in [1.165, 1.54) is 4.90 Å². The summed E-state index contributed by atoms with van der Waals surface area (Å²) in [5.41, 5.74) is 1.06. The van der Waals surface area contributed by atoms with E-state index in [-0.39, 0.29) is 23.7 Å². The molecule has 0 bridgehead atoms. The number of amides is 2. The highest BCUT2D eigenvalue weighted by atomic mass is 16.4. The van der Waals surface area contributed by atoms with Crippen molar-refractivity contribution in [3.05, 3.63) is 11.1 Å². The Morgan fingerprint density at radius 2 is 1.58 bits per heavy atom. The summed E-state index contributed by atoms with van der Waals surface area (Å²) >= 11 is 0. The predicted molar refractivity (Wildman–Crippen MR) is 68.2 cm³/mol. The van der Waals surface area contributed by atoms with E-state index in [0.29, 0.717) is 30.5 Å². The smallest absolute Gasteiger partial charge is 0.306 e. The van der Waals surface area contributed by atoms with Gasteiger partial charge in [0.05, 0.1) is 5.92 Å². The average Bonchev–Trinajstić information content (AvgIpc) is 2.57. The Morgan fingerprint density at radius 3 is 2.00 bits per heavy atom. The van der Waals surface area contributed by atoms with Gasteiger partial charge in [-0.1, -0.05) is 0 Å². The van der Waals surface area contributed by atoms with Crippen molar-refractivity contribution in [1.82, 2.24) is 4.90 Å². The van der Waals surface area contributed by atoms with Crippen LogP contribution in [-0.4, -0.2) is 34.3 Å². The van der Waals surface area contributed by atoms with Gasteiger partial charge in [0.25, 0.3) is 11.8 Å². The number of imide groups is 1. The van der Waals surface area contributed by atoms with Crippen molar-refractivity contribution in [1.29, 1.82) is 0 Å². The number of hydrogen-bond acceptors (Lipinski definition) is 3. The molecule has 0 atom stereocenters. The zero-order valence-electron chi connectivity index (χ0n) is 11.3. The highest BCUT2D eigenvalue weighted by Crippen LogP contribution is 2.31. The number of carboxylic acid groups (broad SMARTS) is 1. The Hall–Kier alpha value is -1.65. The van der Waals surface area contributed by atoms with Gasteiger partial charge in [-0.15, -0.1) is 0 Å². The molecule has 0 aromatic rings. The predicted octanol–water partition coefficient (Wildman–Crippen LogP) is 1.58. The third-order valence-corrected chi connectivity index (χ3v) is 4.33. The lowest BCUT2D eigenvalue weighted by molar-refractivity contribution is -0.144. The minimum absolute atomic E-state index is 0.192. The number of nitrogens with zero attached hydrogens (tertiary/aromatic N) is 1. The molecule has 0 aromatic heterocycles. The van der Waals surface area contributed by atoms with Crippen molar-refractivity contribution in [2.75, 3.05) is 6.54 Å². The fraction of sp³-hybridized carbons (Fsp3) is 0.643. The van der Waals surface area contributed by atoms with Crippen molar-refractivity contribution >= 4 is 17.8 Å². The lowest BCUT2D eigenvalue weighted by Crippen LogP contribution is -2.37. The van der Waals surface area contributed by atoms with E-state index in [2.05, 4.69) is 0 Å². The fourth-order valence-electron chi connectivity index (χ4n) is 2.83. The molecule has 1 fully saturated rings. The highest BCUT2D eigenvalue weighted by Gasteiger charge is 2.36. The van der Waals surface area contributed by atoms with Gasteiger partial charge in [0.1, 0.15) is 0 Å². The first-order valence-corrected chi connectivity index (χ1v) is 6.68. The second-order valence-corrected chi connectivity index (χ2v) is 5.53. The molecule has 1 N–H and O–H groups in total. The van der Waals surface area contributed by atoms with Crippen LogP contribution in [0.5, 0.6) is 0 Å². The minimum atomic E-state index is -0.736. The van der Waals surface area contributed by atoms with Crippen LogP contribution in [0, 0.1) is 11.8 Å². The lowest BCUT2D eigenvalue weighted by Gasteiger charge is -2.28. The van der Waals surface area contributed by atoms with Crippen molar-refractivity contribution in [2.45, 2.75) is 39.5 Å². The molecule has 2 amide bonds. The van der Waals surface area contributed by atoms with Gasteiger partial charge >= 0.3 is 5.97 Å². The summed E-state index contributed by atoms with van der Waals surface area (Å²) in [6.45, 7) is 3.78. The Bertz CT molecular complexity index is 434. The Kier molecular flexibility index (Phi) is 3.73. The molecule has 1 aliphatic carbocycles. The first-order valence-electron chi connectivity index (χ1n) is 6.68. The lowest BCUT2D eigenvalue weighted by atomic mass is 9.82. The molecule has 104 valence electrons. The molecule has 5 heteroatoms. The van der Waals surface area contributed by atoms with Gasteiger partial charge in [-0.25, -0.2) is 0 Å². The van der Waals surface area contributed by atoms with Gasteiger partial charge in [-0.3, -0.25) is 19.3 Å². The molecule has 0 saturated heterocycles. The van der Waals surface area contributed by atoms with E-state index < -0.39 is 5.97 Å². The molecule has 19 heavy (non-hydrogen) atoms. The fourth-order valence-corrected chi connectivity index (χ4v) is 2.83. The maximum Gasteiger partial charge on any atom is 0.306 e.